The maximum Gasteiger partial charge on any atom is 0.0697 e. The fourth-order valence-corrected chi connectivity index (χ4v) is 2.47. The van der Waals surface area contributed by atoms with Crippen molar-refractivity contribution in [1.29, 1.82) is 0 Å². The third-order valence-corrected chi connectivity index (χ3v) is 3.30. The third kappa shape index (κ3) is 2.93. The molecule has 1 nitrogen and oxygen atoms in total. The smallest absolute Gasteiger partial charge is 0.0697 e. The molecule has 0 N–H and O–H groups in total. The fraction of sp³-hybridized carbons (Fsp3) is 0. The molecule has 1 aromatic heterocycles. The zero-order chi connectivity index (χ0) is 12.1. The summed E-state index contributed by atoms with van der Waals surface area (Å²) in [5.41, 5.74) is 2.13. The summed E-state index contributed by atoms with van der Waals surface area (Å²) in [7, 11) is 4.67. The molecule has 3 rings (SSSR count). The number of rotatable bonds is 1. The van der Waals surface area contributed by atoms with Gasteiger partial charge in [0.25, 0.3) is 0 Å². The first kappa shape index (κ1) is 12.7. The minimum atomic E-state index is 1.04. The Hall–Kier alpha value is -0.744. The van der Waals surface area contributed by atoms with Crippen LogP contribution in [0, 0.1) is 6.07 Å². The van der Waals surface area contributed by atoms with Gasteiger partial charge < -0.3 is 0 Å². The first-order chi connectivity index (χ1) is 8.43. The Balaban J connectivity index is 0.000000514. The van der Waals surface area contributed by atoms with Gasteiger partial charge in [0, 0.05) is 9.71 Å². The molecule has 3 aromatic rings. The molecule has 0 atom stereocenters. The molecule has 0 aliphatic heterocycles. The van der Waals surface area contributed by atoms with Gasteiger partial charge in [-0.25, -0.2) is 0 Å². The molecule has 0 saturated carbocycles. The SMILES string of the molecule is [Cl][Os].[c-]1ccccc1-c1nc2ccccc2s1. The average molecular weight is 436 g/mol. The molecule has 0 bridgehead atoms. The van der Waals surface area contributed by atoms with E-state index in [9.17, 15) is 0 Å². The summed E-state index contributed by atoms with van der Waals surface area (Å²) in [6, 6.07) is 19.3. The van der Waals surface area contributed by atoms with Crippen molar-refractivity contribution in [3.8, 4) is 10.6 Å². The van der Waals surface area contributed by atoms with Crippen molar-refractivity contribution < 1.29 is 17.6 Å². The average Bonchev–Trinajstić information content (AvgIpc) is 2.86. The van der Waals surface area contributed by atoms with Crippen molar-refractivity contribution in [1.82, 2.24) is 4.98 Å². The van der Waals surface area contributed by atoms with Crippen LogP contribution in [0.15, 0.2) is 48.5 Å². The van der Waals surface area contributed by atoms with Crippen LogP contribution in [0.3, 0.4) is 0 Å². The molecule has 0 saturated heterocycles. The van der Waals surface area contributed by atoms with Crippen LogP contribution in [0.4, 0.5) is 0 Å². The van der Waals surface area contributed by atoms with Crippen LogP contribution in [0.25, 0.3) is 20.8 Å². The Bertz CT molecular complexity index is 561. The molecule has 87 valence electrons. The van der Waals surface area contributed by atoms with Crippen LogP contribution in [-0.4, -0.2) is 4.98 Å². The number of benzene rings is 2. The van der Waals surface area contributed by atoms with Crippen LogP contribution in [0.1, 0.15) is 0 Å². The Kier molecular flexibility index (Phi) is 4.68. The Morgan fingerprint density at radius 1 is 1.06 bits per heavy atom. The molecule has 4 heteroatoms. The molecule has 17 heavy (non-hydrogen) atoms. The van der Waals surface area contributed by atoms with E-state index in [0.717, 1.165) is 16.1 Å². The van der Waals surface area contributed by atoms with Gasteiger partial charge in [-0.2, -0.15) is 11.3 Å². The molecule has 2 aromatic carbocycles. The van der Waals surface area contributed by atoms with Gasteiger partial charge in [0.1, 0.15) is 0 Å². The number of para-hydroxylation sites is 1. The Labute approximate surface area is 118 Å². The van der Waals surface area contributed by atoms with Crippen molar-refractivity contribution in [3.05, 3.63) is 54.6 Å². The van der Waals surface area contributed by atoms with E-state index >= 15 is 0 Å². The molecule has 0 aliphatic carbocycles. The fourth-order valence-electron chi connectivity index (χ4n) is 1.51. The van der Waals surface area contributed by atoms with Gasteiger partial charge in [-0.3, -0.25) is 4.98 Å². The maximum absolute atomic E-state index is 4.67. The van der Waals surface area contributed by atoms with Crippen molar-refractivity contribution in [3.63, 3.8) is 0 Å². The molecule has 1 heterocycles. The predicted octanol–water partition coefficient (Wildman–Crippen LogP) is 4.45. The topological polar surface area (TPSA) is 12.9 Å². The summed E-state index contributed by atoms with van der Waals surface area (Å²) in [5, 5.41) is 1.04. The first-order valence-corrected chi connectivity index (χ1v) is 8.86. The van der Waals surface area contributed by atoms with E-state index in [1.54, 1.807) is 11.3 Å². The second-order valence-electron chi connectivity index (χ2n) is 3.26. The minimum absolute atomic E-state index is 1.04. The summed E-state index contributed by atoms with van der Waals surface area (Å²) in [6.45, 7) is 0. The van der Waals surface area contributed by atoms with Gasteiger partial charge in [0.2, 0.25) is 0 Å². The van der Waals surface area contributed by atoms with E-state index in [0.29, 0.717) is 0 Å². The maximum atomic E-state index is 4.67. The monoisotopic (exact) mass is 437 g/mol. The molecule has 0 radical (unpaired) electrons. The molecule has 0 amide bonds. The van der Waals surface area contributed by atoms with Crippen LogP contribution in [0.5, 0.6) is 0 Å². The van der Waals surface area contributed by atoms with Crippen molar-refractivity contribution in [2.24, 2.45) is 0 Å². The molecule has 0 fully saturated rings. The standard InChI is InChI=1S/C13H8NS.ClH.Os/c1-2-6-10(7-3-1)13-14-11-8-4-5-9-12(11)15-13;;/h1-6,8-9H;1H;/q-1;;+1/p-1. The summed E-state index contributed by atoms with van der Waals surface area (Å²) in [5.74, 6) is 0. The first-order valence-electron chi connectivity index (χ1n) is 4.89. The van der Waals surface area contributed by atoms with Gasteiger partial charge >= 0.3 is 27.2 Å². The van der Waals surface area contributed by atoms with Crippen molar-refractivity contribution in [2.75, 3.05) is 0 Å². The number of fused-ring (bicyclic) bond motifs is 1. The van der Waals surface area contributed by atoms with E-state index in [2.05, 4.69) is 26.8 Å². The number of hydrogen-bond donors (Lipinski definition) is 0. The molecular formula is C13H8ClNOsS-. The van der Waals surface area contributed by atoms with Crippen LogP contribution < -0.4 is 0 Å². The van der Waals surface area contributed by atoms with Gasteiger partial charge in [-0.05, 0) is 12.1 Å². The van der Waals surface area contributed by atoms with Gasteiger partial charge in [0.15, 0.2) is 0 Å². The van der Waals surface area contributed by atoms with Gasteiger partial charge in [-0.1, -0.05) is 12.1 Å². The largest absolute Gasteiger partial charge is 0.285 e. The van der Waals surface area contributed by atoms with E-state index in [1.807, 2.05) is 42.5 Å². The summed E-state index contributed by atoms with van der Waals surface area (Å²) >= 11 is 3.04. The molecule has 0 aliphatic rings. The van der Waals surface area contributed by atoms with Gasteiger partial charge in [0.05, 0.1) is 5.52 Å². The quantitative estimate of drug-likeness (QED) is 0.514. The Morgan fingerprint density at radius 3 is 2.53 bits per heavy atom. The second kappa shape index (κ2) is 6.26. The van der Waals surface area contributed by atoms with Crippen LogP contribution in [0.2, 0.25) is 0 Å². The Morgan fingerprint density at radius 2 is 1.82 bits per heavy atom. The van der Waals surface area contributed by atoms with Crippen molar-refractivity contribution >= 4 is 31.2 Å². The predicted molar refractivity (Wildman–Crippen MR) is 69.7 cm³/mol. The number of halogens is 1. The third-order valence-electron chi connectivity index (χ3n) is 2.23. The molecule has 0 spiro atoms. The van der Waals surface area contributed by atoms with E-state index in [4.69, 9.17) is 0 Å². The zero-order valence-electron chi connectivity index (χ0n) is 8.71. The van der Waals surface area contributed by atoms with E-state index < -0.39 is 0 Å². The second-order valence-corrected chi connectivity index (χ2v) is 4.29. The summed E-state index contributed by atoms with van der Waals surface area (Å²) in [4.78, 5) is 4.57. The number of hydrogen-bond acceptors (Lipinski definition) is 2. The van der Waals surface area contributed by atoms with Gasteiger partial charge in [-0.15, -0.1) is 35.9 Å². The molecule has 0 unspecified atom stereocenters. The normalized spacial score (nSPS) is 9.76. The number of thiazole rings is 1. The van der Waals surface area contributed by atoms with E-state index in [1.165, 1.54) is 22.3 Å². The molecular weight excluding hydrogens is 428 g/mol. The number of nitrogens with zero attached hydrogens (tertiary/aromatic N) is 1. The van der Waals surface area contributed by atoms with Crippen LogP contribution in [-0.2, 0) is 17.6 Å². The summed E-state index contributed by atoms with van der Waals surface area (Å²) < 4.78 is 1.23. The number of aromatic nitrogens is 1. The van der Waals surface area contributed by atoms with E-state index in [-0.39, 0.29) is 0 Å². The minimum Gasteiger partial charge on any atom is -0.285 e. The summed E-state index contributed by atoms with van der Waals surface area (Å²) in [6.07, 6.45) is 0. The zero-order valence-corrected chi connectivity index (χ0v) is 12.8. The van der Waals surface area contributed by atoms with Crippen molar-refractivity contribution in [2.45, 2.75) is 0 Å². The van der Waals surface area contributed by atoms with Crippen LogP contribution >= 0.6 is 21.0 Å².